The van der Waals surface area contributed by atoms with Crippen LogP contribution < -0.4 is 11.5 Å². The van der Waals surface area contributed by atoms with Crippen molar-refractivity contribution in [1.82, 2.24) is 29.2 Å². The third kappa shape index (κ3) is 5.05. The maximum absolute atomic E-state index is 6.91. The number of nitrogens with zero attached hydrogens (tertiary/aromatic N) is 6. The van der Waals surface area contributed by atoms with Gasteiger partial charge in [0.15, 0.2) is 11.3 Å². The molecule has 0 amide bonds. The first-order valence-electron chi connectivity index (χ1n) is 13.0. The summed E-state index contributed by atoms with van der Waals surface area (Å²) < 4.78 is 3.70. The number of aromatic nitrogens is 6. The van der Waals surface area contributed by atoms with E-state index in [0.29, 0.717) is 6.42 Å². The highest BCUT2D eigenvalue weighted by Crippen LogP contribution is 2.32. The number of halogens is 1. The molecule has 0 bridgehead atoms. The largest absolute Gasteiger partial charge is 0.324 e. The molecule has 0 aliphatic carbocycles. The SMILES string of the molecule is CC[C@@H](N)c1cc2nc(C[C@@H](I)[C@H](N)c3cc4nccn4nc3-c3ccccc3)cn2nc1-c1ccccc1. The van der Waals surface area contributed by atoms with Crippen LogP contribution in [0.5, 0.6) is 0 Å². The van der Waals surface area contributed by atoms with Crippen molar-refractivity contribution in [2.24, 2.45) is 11.5 Å². The standard InChI is InChI=1S/C30H29IN8/c1-2-25(32)22-16-27-35-21(18-39(27)37-29(22)19-9-5-3-6-10-19)15-24(31)28(33)23-17-26-34-13-14-38(26)36-30(23)20-11-7-4-8-12-20/h3-14,16-18,24-25,28H,2,15,32-33H2,1H3/t24-,25-,28-/m1/s1. The van der Waals surface area contributed by atoms with Gasteiger partial charge in [-0.05, 0) is 18.6 Å². The number of hydrogen-bond acceptors (Lipinski definition) is 6. The summed E-state index contributed by atoms with van der Waals surface area (Å²) in [4.78, 5) is 9.36. The minimum Gasteiger partial charge on any atom is -0.324 e. The predicted octanol–water partition coefficient (Wildman–Crippen LogP) is 5.56. The Morgan fingerprint density at radius 3 is 2.10 bits per heavy atom. The molecule has 0 saturated carbocycles. The van der Waals surface area contributed by atoms with Crippen LogP contribution in [0.4, 0.5) is 0 Å². The number of rotatable bonds is 8. The lowest BCUT2D eigenvalue weighted by molar-refractivity contribution is 0.679. The van der Waals surface area contributed by atoms with Gasteiger partial charge in [-0.1, -0.05) is 90.2 Å². The summed E-state index contributed by atoms with van der Waals surface area (Å²) in [6, 6.07) is 24.0. The van der Waals surface area contributed by atoms with Gasteiger partial charge in [0.05, 0.1) is 23.3 Å². The second kappa shape index (κ2) is 10.8. The molecule has 0 aliphatic heterocycles. The molecule has 6 aromatic rings. The maximum atomic E-state index is 6.91. The van der Waals surface area contributed by atoms with E-state index in [1.165, 1.54) is 0 Å². The van der Waals surface area contributed by atoms with Gasteiger partial charge in [0.2, 0.25) is 0 Å². The van der Waals surface area contributed by atoms with Gasteiger partial charge in [0, 0.05) is 57.1 Å². The van der Waals surface area contributed by atoms with Gasteiger partial charge in [-0.25, -0.2) is 19.0 Å². The summed E-state index contributed by atoms with van der Waals surface area (Å²) in [5.41, 5.74) is 21.7. The van der Waals surface area contributed by atoms with Crippen LogP contribution in [0, 0.1) is 0 Å². The van der Waals surface area contributed by atoms with Crippen LogP contribution in [-0.2, 0) is 6.42 Å². The second-order valence-electron chi connectivity index (χ2n) is 9.65. The zero-order chi connectivity index (χ0) is 26.9. The topological polar surface area (TPSA) is 112 Å². The van der Waals surface area contributed by atoms with Crippen LogP contribution in [0.2, 0.25) is 0 Å². The highest BCUT2D eigenvalue weighted by molar-refractivity contribution is 14.1. The van der Waals surface area contributed by atoms with E-state index >= 15 is 0 Å². The summed E-state index contributed by atoms with van der Waals surface area (Å²) in [7, 11) is 0. The number of benzene rings is 2. The van der Waals surface area contributed by atoms with E-state index in [0.717, 1.165) is 57.1 Å². The molecule has 39 heavy (non-hydrogen) atoms. The summed E-state index contributed by atoms with van der Waals surface area (Å²) in [6.45, 7) is 2.09. The summed E-state index contributed by atoms with van der Waals surface area (Å²) >= 11 is 2.43. The quantitative estimate of drug-likeness (QED) is 0.169. The molecule has 4 heterocycles. The Labute approximate surface area is 240 Å². The first-order valence-corrected chi connectivity index (χ1v) is 14.3. The molecule has 196 valence electrons. The van der Waals surface area contributed by atoms with E-state index < -0.39 is 0 Å². The molecular formula is C30H29IN8. The van der Waals surface area contributed by atoms with Crippen LogP contribution in [0.15, 0.2) is 91.4 Å². The van der Waals surface area contributed by atoms with Crippen LogP contribution in [0.25, 0.3) is 33.8 Å². The van der Waals surface area contributed by atoms with Crippen molar-refractivity contribution in [1.29, 1.82) is 0 Å². The van der Waals surface area contributed by atoms with Gasteiger partial charge >= 0.3 is 0 Å². The van der Waals surface area contributed by atoms with Gasteiger partial charge in [0.1, 0.15) is 0 Å². The van der Waals surface area contributed by atoms with Crippen molar-refractivity contribution in [3.8, 4) is 22.5 Å². The van der Waals surface area contributed by atoms with Crippen LogP contribution in [0.1, 0.15) is 42.2 Å². The Kier molecular flexibility index (Phi) is 7.11. The summed E-state index contributed by atoms with van der Waals surface area (Å²) in [5, 5.41) is 9.80. The van der Waals surface area contributed by atoms with E-state index in [-0.39, 0.29) is 16.0 Å². The highest BCUT2D eigenvalue weighted by Gasteiger charge is 2.24. The number of hydrogen-bond donors (Lipinski definition) is 2. The van der Waals surface area contributed by atoms with Crippen LogP contribution in [-0.4, -0.2) is 33.1 Å². The Morgan fingerprint density at radius 1 is 0.821 bits per heavy atom. The Morgan fingerprint density at radius 2 is 1.44 bits per heavy atom. The lowest BCUT2D eigenvalue weighted by Crippen LogP contribution is -2.25. The van der Waals surface area contributed by atoms with Crippen molar-refractivity contribution in [3.05, 3.63) is 108 Å². The molecule has 0 unspecified atom stereocenters. The van der Waals surface area contributed by atoms with Crippen molar-refractivity contribution in [2.75, 3.05) is 0 Å². The summed E-state index contributed by atoms with van der Waals surface area (Å²) in [6.07, 6.45) is 7.09. The maximum Gasteiger partial charge on any atom is 0.154 e. The number of imidazole rings is 2. The average Bonchev–Trinajstić information content (AvgIpc) is 3.61. The van der Waals surface area contributed by atoms with E-state index in [1.807, 2.05) is 59.4 Å². The van der Waals surface area contributed by atoms with E-state index in [4.69, 9.17) is 26.6 Å². The van der Waals surface area contributed by atoms with Crippen molar-refractivity contribution >= 4 is 33.9 Å². The van der Waals surface area contributed by atoms with Gasteiger partial charge in [-0.2, -0.15) is 10.2 Å². The lowest BCUT2D eigenvalue weighted by atomic mass is 9.97. The molecule has 0 spiro atoms. The molecule has 4 N–H and O–H groups in total. The van der Waals surface area contributed by atoms with Crippen LogP contribution >= 0.6 is 22.6 Å². The van der Waals surface area contributed by atoms with Gasteiger partial charge in [0.25, 0.3) is 0 Å². The lowest BCUT2D eigenvalue weighted by Gasteiger charge is -2.21. The molecular weight excluding hydrogens is 599 g/mol. The van der Waals surface area contributed by atoms with E-state index in [1.54, 1.807) is 10.7 Å². The molecule has 2 aromatic carbocycles. The smallest absolute Gasteiger partial charge is 0.154 e. The minimum absolute atomic E-state index is 0.0557. The van der Waals surface area contributed by atoms with Gasteiger partial charge in [-0.3, -0.25) is 0 Å². The third-order valence-electron chi connectivity index (χ3n) is 7.03. The second-order valence-corrected chi connectivity index (χ2v) is 11.3. The van der Waals surface area contributed by atoms with Crippen LogP contribution in [0.3, 0.4) is 0 Å². The number of fused-ring (bicyclic) bond motifs is 2. The predicted molar refractivity (Wildman–Crippen MR) is 163 cm³/mol. The number of nitrogens with two attached hydrogens (primary N) is 2. The number of alkyl halides is 1. The molecule has 0 radical (unpaired) electrons. The van der Waals surface area contributed by atoms with Crippen molar-refractivity contribution < 1.29 is 0 Å². The Bertz CT molecular complexity index is 1730. The Hall–Kier alpha value is -3.67. The van der Waals surface area contributed by atoms with E-state index in [9.17, 15) is 0 Å². The fourth-order valence-electron chi connectivity index (χ4n) is 4.87. The molecule has 8 nitrogen and oxygen atoms in total. The molecule has 3 atom stereocenters. The highest BCUT2D eigenvalue weighted by atomic mass is 127. The zero-order valence-corrected chi connectivity index (χ0v) is 23.7. The minimum atomic E-state index is -0.281. The van der Waals surface area contributed by atoms with Crippen molar-refractivity contribution in [2.45, 2.75) is 35.8 Å². The molecule has 4 aromatic heterocycles. The van der Waals surface area contributed by atoms with Crippen molar-refractivity contribution in [3.63, 3.8) is 0 Å². The fourth-order valence-corrected chi connectivity index (χ4v) is 5.71. The summed E-state index contributed by atoms with van der Waals surface area (Å²) in [5.74, 6) is 0. The molecule has 9 heteroatoms. The van der Waals surface area contributed by atoms with Gasteiger partial charge in [-0.15, -0.1) is 0 Å². The third-order valence-corrected chi connectivity index (χ3v) is 8.25. The first-order chi connectivity index (χ1) is 19.0. The molecule has 0 saturated heterocycles. The average molecular weight is 629 g/mol. The first kappa shape index (κ1) is 25.6. The monoisotopic (exact) mass is 628 g/mol. The molecule has 6 rings (SSSR count). The zero-order valence-electron chi connectivity index (χ0n) is 21.5. The fraction of sp³-hybridized carbons (Fsp3) is 0.200. The molecule has 0 aliphatic rings. The molecule has 0 fully saturated rings. The normalized spacial score (nSPS) is 14.1. The van der Waals surface area contributed by atoms with Gasteiger partial charge < -0.3 is 11.5 Å². The Balaban J connectivity index is 1.34. The van der Waals surface area contributed by atoms with E-state index in [2.05, 4.69) is 64.8 Å².